The van der Waals surface area contributed by atoms with Crippen LogP contribution >= 0.6 is 0 Å². The molecule has 1 atom stereocenters. The summed E-state index contributed by atoms with van der Waals surface area (Å²) < 4.78 is 5.19. The number of fused-ring (bicyclic) bond motifs is 1. The standard InChI is InChI=1S/C21H22N8O2/c1-12-26-18(19-21(27-12)25-11-24-19)16-7-14(29-6-5-15(30)10-29)9-23-20(16)28-13-3-4-17(31-2)22-8-13/h3-4,7-9,11,15,30H,5-6,10H2,1-2H3,(H,23,28)(H,24,25,26,27)/p+1/t15-/m0/s1. The first-order valence-electron chi connectivity index (χ1n) is 10.0. The molecule has 0 amide bonds. The van der Waals surface area contributed by atoms with Crippen LogP contribution in [-0.2, 0) is 0 Å². The molecule has 1 saturated heterocycles. The first-order chi connectivity index (χ1) is 15.1. The first-order valence-corrected chi connectivity index (χ1v) is 10.0. The summed E-state index contributed by atoms with van der Waals surface area (Å²) >= 11 is 0. The number of aliphatic hydroxyl groups excluding tert-OH is 1. The highest BCUT2D eigenvalue weighted by molar-refractivity contribution is 5.92. The molecule has 5 heterocycles. The number of aryl methyl sites for hydroxylation is 1. The number of H-pyrrole nitrogens is 2. The zero-order chi connectivity index (χ0) is 21.4. The molecule has 0 spiro atoms. The van der Waals surface area contributed by atoms with Crippen LogP contribution in [0.25, 0.3) is 22.4 Å². The van der Waals surface area contributed by atoms with Crippen LogP contribution in [0.15, 0.2) is 36.9 Å². The summed E-state index contributed by atoms with van der Waals surface area (Å²) in [6.45, 7) is 3.21. The summed E-state index contributed by atoms with van der Waals surface area (Å²) in [6, 6.07) is 5.79. The lowest BCUT2D eigenvalue weighted by Crippen LogP contribution is -2.21. The number of imidazole rings is 1. The molecule has 1 aliphatic heterocycles. The number of methoxy groups -OCH3 is 1. The van der Waals surface area contributed by atoms with Crippen molar-refractivity contribution in [1.29, 1.82) is 0 Å². The van der Waals surface area contributed by atoms with Crippen molar-refractivity contribution in [1.82, 2.24) is 24.9 Å². The van der Waals surface area contributed by atoms with Gasteiger partial charge in [-0.15, -0.1) is 0 Å². The van der Waals surface area contributed by atoms with E-state index in [0.29, 0.717) is 35.4 Å². The average molecular weight is 419 g/mol. The van der Waals surface area contributed by atoms with Gasteiger partial charge in [0.05, 0.1) is 37.5 Å². The normalized spacial score (nSPS) is 16.1. The lowest BCUT2D eigenvalue weighted by Gasteiger charge is -2.20. The summed E-state index contributed by atoms with van der Waals surface area (Å²) in [5.74, 6) is 1.93. The molecule has 1 aliphatic rings. The van der Waals surface area contributed by atoms with Crippen molar-refractivity contribution in [3.05, 3.63) is 42.7 Å². The monoisotopic (exact) mass is 419 g/mol. The Morgan fingerprint density at radius 2 is 2.19 bits per heavy atom. The van der Waals surface area contributed by atoms with Gasteiger partial charge in [0.2, 0.25) is 0 Å². The molecule has 158 valence electrons. The topological polar surface area (TPSA) is 126 Å². The van der Waals surface area contributed by atoms with E-state index in [9.17, 15) is 5.11 Å². The predicted molar refractivity (Wildman–Crippen MR) is 115 cm³/mol. The van der Waals surface area contributed by atoms with E-state index in [4.69, 9.17) is 14.7 Å². The van der Waals surface area contributed by atoms with E-state index in [0.717, 1.165) is 35.4 Å². The number of anilines is 3. The second-order valence-electron chi connectivity index (χ2n) is 7.47. The zero-order valence-electron chi connectivity index (χ0n) is 17.3. The number of ether oxygens (including phenoxy) is 1. The van der Waals surface area contributed by atoms with Gasteiger partial charge in [-0.2, -0.15) is 4.98 Å². The van der Waals surface area contributed by atoms with Gasteiger partial charge in [-0.05, 0) is 25.5 Å². The molecule has 4 aromatic heterocycles. The van der Waals surface area contributed by atoms with E-state index < -0.39 is 0 Å². The third-order valence-electron chi connectivity index (χ3n) is 5.32. The predicted octanol–water partition coefficient (Wildman–Crippen LogP) is 1.86. The van der Waals surface area contributed by atoms with E-state index in [1.807, 2.05) is 37.5 Å². The SMILES string of the molecule is COc1ccc(Nc2ncc(N3CC[C@H](O)C3)cc2-c2nc(C)nc3nc[nH]c23)c[nH+]1. The minimum atomic E-state index is -0.323. The van der Waals surface area contributed by atoms with Gasteiger partial charge >= 0.3 is 5.88 Å². The van der Waals surface area contributed by atoms with Gasteiger partial charge < -0.3 is 25.0 Å². The Kier molecular flexibility index (Phi) is 4.83. The van der Waals surface area contributed by atoms with Crippen molar-refractivity contribution in [2.24, 2.45) is 0 Å². The van der Waals surface area contributed by atoms with Gasteiger partial charge in [0.25, 0.3) is 0 Å². The molecule has 10 heteroatoms. The number of hydrogen-bond acceptors (Lipinski definition) is 8. The van der Waals surface area contributed by atoms with Crippen molar-refractivity contribution >= 4 is 28.4 Å². The number of β-amino-alcohol motifs (C(OH)–C–C–N with tert-alkyl or cyclic N) is 1. The molecule has 0 radical (unpaired) electrons. The van der Waals surface area contributed by atoms with Gasteiger partial charge in [-0.3, -0.25) is 0 Å². The van der Waals surface area contributed by atoms with E-state index in [2.05, 4.69) is 30.2 Å². The number of hydrogen-bond donors (Lipinski definition) is 3. The second kappa shape index (κ2) is 7.80. The van der Waals surface area contributed by atoms with Crippen LogP contribution in [0.1, 0.15) is 12.2 Å². The number of pyridine rings is 2. The number of aromatic nitrogens is 6. The molecule has 31 heavy (non-hydrogen) atoms. The third-order valence-corrected chi connectivity index (χ3v) is 5.32. The van der Waals surface area contributed by atoms with Gasteiger partial charge in [0, 0.05) is 18.7 Å². The highest BCUT2D eigenvalue weighted by atomic mass is 16.5. The molecular formula is C21H23N8O2+. The number of nitrogens with one attached hydrogen (secondary N) is 3. The summed E-state index contributed by atoms with van der Waals surface area (Å²) in [5, 5.41) is 13.3. The Labute approximate surface area is 178 Å². The highest BCUT2D eigenvalue weighted by Crippen LogP contribution is 2.34. The highest BCUT2D eigenvalue weighted by Gasteiger charge is 2.23. The Hall–Kier alpha value is -3.79. The minimum absolute atomic E-state index is 0.323. The van der Waals surface area contributed by atoms with Gasteiger partial charge in [-0.1, -0.05) is 0 Å². The maximum Gasteiger partial charge on any atom is 0.365 e. The molecule has 0 saturated carbocycles. The zero-order valence-corrected chi connectivity index (χ0v) is 17.3. The number of nitrogens with zero attached hydrogens (tertiary/aromatic N) is 5. The van der Waals surface area contributed by atoms with Gasteiger partial charge in [0.15, 0.2) is 11.8 Å². The number of aromatic amines is 2. The molecular weight excluding hydrogens is 396 g/mol. The Morgan fingerprint density at radius 3 is 2.94 bits per heavy atom. The Bertz CT molecular complexity index is 1220. The molecule has 4 aromatic rings. The Balaban J connectivity index is 1.62. The van der Waals surface area contributed by atoms with Crippen LogP contribution in [-0.4, -0.2) is 56.3 Å². The van der Waals surface area contributed by atoms with E-state index in [1.165, 1.54) is 0 Å². The molecule has 1 fully saturated rings. The van der Waals surface area contributed by atoms with E-state index in [1.54, 1.807) is 13.4 Å². The maximum atomic E-state index is 9.97. The smallest absolute Gasteiger partial charge is 0.365 e. The van der Waals surface area contributed by atoms with Crippen LogP contribution in [0, 0.1) is 6.92 Å². The largest absolute Gasteiger partial charge is 0.448 e. The molecule has 0 bridgehead atoms. The lowest BCUT2D eigenvalue weighted by atomic mass is 10.1. The lowest BCUT2D eigenvalue weighted by molar-refractivity contribution is -0.392. The second-order valence-corrected chi connectivity index (χ2v) is 7.47. The van der Waals surface area contributed by atoms with Crippen LogP contribution < -0.4 is 19.9 Å². The van der Waals surface area contributed by atoms with E-state index >= 15 is 0 Å². The van der Waals surface area contributed by atoms with Crippen LogP contribution in [0.3, 0.4) is 0 Å². The van der Waals surface area contributed by atoms with Crippen molar-refractivity contribution in [3.63, 3.8) is 0 Å². The van der Waals surface area contributed by atoms with Crippen molar-refractivity contribution < 1.29 is 14.8 Å². The van der Waals surface area contributed by atoms with E-state index in [-0.39, 0.29) is 6.10 Å². The molecule has 0 aliphatic carbocycles. The fourth-order valence-electron chi connectivity index (χ4n) is 3.77. The number of aliphatic hydroxyl groups is 1. The molecule has 4 N–H and O–H groups in total. The molecule has 5 rings (SSSR count). The van der Waals surface area contributed by atoms with Crippen LogP contribution in [0.5, 0.6) is 5.88 Å². The summed E-state index contributed by atoms with van der Waals surface area (Å²) in [6.07, 6.45) is 5.66. The van der Waals surface area contributed by atoms with Crippen molar-refractivity contribution in [2.45, 2.75) is 19.4 Å². The van der Waals surface area contributed by atoms with Crippen molar-refractivity contribution in [3.8, 4) is 17.1 Å². The van der Waals surface area contributed by atoms with Crippen LogP contribution in [0.4, 0.5) is 17.2 Å². The van der Waals surface area contributed by atoms with Crippen molar-refractivity contribution in [2.75, 3.05) is 30.4 Å². The fourth-order valence-corrected chi connectivity index (χ4v) is 3.77. The molecule has 0 aromatic carbocycles. The quantitative estimate of drug-likeness (QED) is 0.447. The maximum absolute atomic E-state index is 9.97. The van der Waals surface area contributed by atoms with Gasteiger partial charge in [-0.25, -0.2) is 19.9 Å². The fraction of sp³-hybridized carbons (Fsp3) is 0.286. The van der Waals surface area contributed by atoms with Gasteiger partial charge in [0.1, 0.15) is 28.5 Å². The summed E-state index contributed by atoms with van der Waals surface area (Å²) in [5.41, 5.74) is 4.64. The summed E-state index contributed by atoms with van der Waals surface area (Å²) in [4.78, 5) is 26.5. The first kappa shape index (κ1) is 19.2. The minimum Gasteiger partial charge on any atom is -0.448 e. The van der Waals surface area contributed by atoms with Crippen LogP contribution in [0.2, 0.25) is 0 Å². The Morgan fingerprint density at radius 1 is 1.29 bits per heavy atom. The number of rotatable bonds is 5. The molecule has 0 unspecified atom stereocenters. The third kappa shape index (κ3) is 3.73. The average Bonchev–Trinajstić information content (AvgIpc) is 3.43. The summed E-state index contributed by atoms with van der Waals surface area (Å²) in [7, 11) is 1.61. The molecule has 10 nitrogen and oxygen atoms in total.